The lowest BCUT2D eigenvalue weighted by atomic mass is 10.0. The van der Waals surface area contributed by atoms with Crippen molar-refractivity contribution in [3.63, 3.8) is 0 Å². The van der Waals surface area contributed by atoms with Crippen molar-refractivity contribution in [3.8, 4) is 0 Å². The van der Waals surface area contributed by atoms with Crippen molar-refractivity contribution in [2.75, 3.05) is 39.6 Å². The zero-order chi connectivity index (χ0) is 72.8. The topological polar surface area (TPSA) is 237 Å². The molecule has 5 atom stereocenters. The third-order valence-electron chi connectivity index (χ3n) is 18.7. The lowest BCUT2D eigenvalue weighted by molar-refractivity contribution is -0.161. The number of hydrogen-bond donors (Lipinski definition) is 3. The van der Waals surface area contributed by atoms with E-state index in [4.69, 9.17) is 37.0 Å². The van der Waals surface area contributed by atoms with Crippen LogP contribution in [0.3, 0.4) is 0 Å². The number of carbonyl (C=O) groups excluding carboxylic acids is 4. The van der Waals surface area contributed by atoms with Gasteiger partial charge >= 0.3 is 39.5 Å². The molecular weight excluding hydrogens is 1290 g/mol. The highest BCUT2D eigenvalue weighted by Crippen LogP contribution is 2.45. The van der Waals surface area contributed by atoms with Gasteiger partial charge in [-0.15, -0.1) is 0 Å². The number of phosphoric acid groups is 2. The highest BCUT2D eigenvalue weighted by Gasteiger charge is 2.30. The smallest absolute Gasteiger partial charge is 0.462 e. The van der Waals surface area contributed by atoms with Gasteiger partial charge in [-0.05, 0) is 37.5 Å². The van der Waals surface area contributed by atoms with Crippen molar-refractivity contribution >= 4 is 39.5 Å². The third-order valence-corrected chi connectivity index (χ3v) is 20.6. The first-order valence-corrected chi connectivity index (χ1v) is 44.5. The Hall–Kier alpha value is -1.94. The molecule has 0 aliphatic carbocycles. The SMILES string of the molecule is CCCCCCCCCCCCCCCCCCCC(=O)OC[C@H](COP(=O)(O)OC[C@@H](O)COP(=O)(O)OC[C@@H](COC(=O)CCCCCCCCCC(C)C)OC(=O)CCCCCCCCCCCCCCC)OC(=O)CCCCCCCCCCCCCCCCCCC(C)C. The third kappa shape index (κ3) is 74.1. The number of aliphatic hydroxyl groups is 1. The maximum Gasteiger partial charge on any atom is 0.472 e. The molecule has 17 nitrogen and oxygen atoms in total. The van der Waals surface area contributed by atoms with Crippen LogP contribution in [0.5, 0.6) is 0 Å². The van der Waals surface area contributed by atoms with E-state index in [2.05, 4.69) is 41.5 Å². The summed E-state index contributed by atoms with van der Waals surface area (Å²) < 4.78 is 68.7. The molecule has 19 heteroatoms. The van der Waals surface area contributed by atoms with E-state index in [1.807, 2.05) is 0 Å². The Kier molecular flexibility index (Phi) is 70.3. The number of aliphatic hydroxyl groups excluding tert-OH is 1. The molecule has 0 aromatic carbocycles. The molecule has 0 heterocycles. The molecule has 0 aliphatic heterocycles. The zero-order valence-corrected chi connectivity index (χ0v) is 66.6. The average molecular weight is 1450 g/mol. The highest BCUT2D eigenvalue weighted by molar-refractivity contribution is 7.47. The number of esters is 4. The minimum Gasteiger partial charge on any atom is -0.462 e. The van der Waals surface area contributed by atoms with Crippen molar-refractivity contribution in [2.45, 2.75) is 439 Å². The van der Waals surface area contributed by atoms with Crippen LogP contribution in [-0.4, -0.2) is 96.7 Å². The number of rotatable bonds is 79. The fourth-order valence-electron chi connectivity index (χ4n) is 12.4. The second-order valence-electron chi connectivity index (χ2n) is 29.8. The first-order chi connectivity index (χ1) is 47.9. The Morgan fingerprint density at radius 2 is 0.465 bits per heavy atom. The van der Waals surface area contributed by atoms with Crippen LogP contribution in [0, 0.1) is 11.8 Å². The lowest BCUT2D eigenvalue weighted by Gasteiger charge is -2.21. The minimum absolute atomic E-state index is 0.107. The van der Waals surface area contributed by atoms with Gasteiger partial charge in [0.2, 0.25) is 0 Å². The first kappa shape index (κ1) is 97.1. The van der Waals surface area contributed by atoms with E-state index in [1.165, 1.54) is 231 Å². The van der Waals surface area contributed by atoms with Gasteiger partial charge in [0, 0.05) is 25.7 Å². The Morgan fingerprint density at radius 3 is 0.687 bits per heavy atom. The maximum atomic E-state index is 13.1. The fourth-order valence-corrected chi connectivity index (χ4v) is 13.9. The summed E-state index contributed by atoms with van der Waals surface area (Å²) in [6.07, 6.45) is 61.1. The quantitative estimate of drug-likeness (QED) is 0.0222. The van der Waals surface area contributed by atoms with Crippen molar-refractivity contribution in [1.29, 1.82) is 0 Å². The van der Waals surface area contributed by atoms with E-state index < -0.39 is 97.5 Å². The molecule has 0 saturated carbocycles. The summed E-state index contributed by atoms with van der Waals surface area (Å²) >= 11 is 0. The Bertz CT molecular complexity index is 1910. The summed E-state index contributed by atoms with van der Waals surface area (Å²) in [5, 5.41) is 10.6. The van der Waals surface area contributed by atoms with Gasteiger partial charge in [0.25, 0.3) is 0 Å². The summed E-state index contributed by atoms with van der Waals surface area (Å²) in [5.74, 6) is -0.595. The predicted molar refractivity (Wildman–Crippen MR) is 405 cm³/mol. The van der Waals surface area contributed by atoms with E-state index >= 15 is 0 Å². The molecule has 99 heavy (non-hydrogen) atoms. The molecule has 3 N–H and O–H groups in total. The molecule has 0 rings (SSSR count). The number of phosphoric ester groups is 2. The highest BCUT2D eigenvalue weighted by atomic mass is 31.2. The van der Waals surface area contributed by atoms with E-state index in [0.29, 0.717) is 31.6 Å². The van der Waals surface area contributed by atoms with Gasteiger partial charge in [-0.3, -0.25) is 37.3 Å². The predicted octanol–water partition coefficient (Wildman–Crippen LogP) is 23.9. The Labute approximate surface area is 607 Å². The lowest BCUT2D eigenvalue weighted by Crippen LogP contribution is -2.30. The van der Waals surface area contributed by atoms with Crippen molar-refractivity contribution in [1.82, 2.24) is 0 Å². The summed E-state index contributed by atoms with van der Waals surface area (Å²) in [5.41, 5.74) is 0. The van der Waals surface area contributed by atoms with E-state index in [9.17, 15) is 43.2 Å². The fraction of sp³-hybridized carbons (Fsp3) is 0.950. The summed E-state index contributed by atoms with van der Waals surface area (Å²) in [7, 11) is -9.92. The molecule has 2 unspecified atom stereocenters. The van der Waals surface area contributed by atoms with Gasteiger partial charge in [-0.2, -0.15) is 0 Å². The van der Waals surface area contributed by atoms with E-state index in [0.717, 1.165) is 102 Å². The molecule has 588 valence electrons. The van der Waals surface area contributed by atoms with E-state index in [-0.39, 0.29) is 25.7 Å². The van der Waals surface area contributed by atoms with Crippen LogP contribution in [0.4, 0.5) is 0 Å². The van der Waals surface area contributed by atoms with Crippen LogP contribution >= 0.6 is 15.6 Å². The molecule has 0 aliphatic rings. The Morgan fingerprint density at radius 1 is 0.273 bits per heavy atom. The number of carbonyl (C=O) groups is 4. The van der Waals surface area contributed by atoms with Crippen LogP contribution in [0.2, 0.25) is 0 Å². The monoisotopic (exact) mass is 1450 g/mol. The molecule has 0 fully saturated rings. The summed E-state index contributed by atoms with van der Waals surface area (Å²) in [4.78, 5) is 73.0. The second kappa shape index (κ2) is 71.7. The van der Waals surface area contributed by atoms with Gasteiger partial charge in [-0.1, -0.05) is 369 Å². The van der Waals surface area contributed by atoms with Gasteiger partial charge in [0.05, 0.1) is 26.4 Å². The number of ether oxygens (including phenoxy) is 4. The second-order valence-corrected chi connectivity index (χ2v) is 32.7. The molecule has 0 saturated heterocycles. The van der Waals surface area contributed by atoms with Crippen LogP contribution in [0.15, 0.2) is 0 Å². The van der Waals surface area contributed by atoms with Gasteiger partial charge in [0.15, 0.2) is 12.2 Å². The summed E-state index contributed by atoms with van der Waals surface area (Å²) in [6, 6.07) is 0. The van der Waals surface area contributed by atoms with Gasteiger partial charge in [-0.25, -0.2) is 9.13 Å². The molecule has 0 spiro atoms. The molecule has 0 aromatic heterocycles. The minimum atomic E-state index is -4.96. The molecule has 0 bridgehead atoms. The van der Waals surface area contributed by atoms with E-state index in [1.54, 1.807) is 0 Å². The Balaban J connectivity index is 5.23. The van der Waals surface area contributed by atoms with Crippen LogP contribution < -0.4 is 0 Å². The maximum absolute atomic E-state index is 13.1. The normalized spacial score (nSPS) is 13.9. The average Bonchev–Trinajstić information content (AvgIpc) is 0.977. The molecule has 0 aromatic rings. The molecular formula is C80H156O17P2. The van der Waals surface area contributed by atoms with Crippen molar-refractivity contribution in [3.05, 3.63) is 0 Å². The van der Waals surface area contributed by atoms with Crippen LogP contribution in [0.25, 0.3) is 0 Å². The van der Waals surface area contributed by atoms with Gasteiger partial charge < -0.3 is 33.8 Å². The number of hydrogen-bond acceptors (Lipinski definition) is 15. The largest absolute Gasteiger partial charge is 0.472 e. The van der Waals surface area contributed by atoms with Crippen molar-refractivity contribution < 1.29 is 80.2 Å². The molecule has 0 radical (unpaired) electrons. The summed E-state index contributed by atoms with van der Waals surface area (Å²) in [6.45, 7) is 9.61. The van der Waals surface area contributed by atoms with Crippen LogP contribution in [-0.2, 0) is 65.4 Å². The molecule has 0 amide bonds. The first-order valence-electron chi connectivity index (χ1n) is 41.5. The van der Waals surface area contributed by atoms with Gasteiger partial charge in [0.1, 0.15) is 19.3 Å². The standard InChI is InChI=1S/C80H156O17P2/c1-7-9-11-13-15-17-19-21-22-23-27-31-34-38-44-50-56-62-77(82)90-68-75(96-80(85)65-59-53-46-40-36-32-28-25-24-26-30-33-37-42-48-54-60-72(3)4)70-94-98(86,87)92-66-74(81)67-93-99(88,89)95-71-76(69-91-78(83)63-57-51-47-41-43-49-55-61-73(5)6)97-79(84)64-58-52-45-39-35-29-20-18-16-14-12-10-8-2/h72-76,81H,7-71H2,1-6H3,(H,86,87)(H,88,89)/t74-,75-,76-/m1/s1. The van der Waals surface area contributed by atoms with Crippen LogP contribution in [0.1, 0.15) is 420 Å². The zero-order valence-electron chi connectivity index (χ0n) is 64.8. The number of unbranched alkanes of at least 4 members (excludes halogenated alkanes) is 49. The van der Waals surface area contributed by atoms with Crippen molar-refractivity contribution in [2.24, 2.45) is 11.8 Å².